The Labute approximate surface area is 115 Å². The van der Waals surface area contributed by atoms with Gasteiger partial charge in [0.05, 0.1) is 22.1 Å². The minimum Gasteiger partial charge on any atom is -0.288 e. The third-order valence-electron chi connectivity index (χ3n) is 2.85. The second kappa shape index (κ2) is 4.97. The molecular formula is C15H12N2OS. The van der Waals surface area contributed by atoms with Crippen LogP contribution < -0.4 is 0 Å². The van der Waals surface area contributed by atoms with Crippen LogP contribution in [0.3, 0.4) is 0 Å². The molecule has 0 unspecified atom stereocenters. The third-order valence-corrected chi connectivity index (χ3v) is 3.73. The lowest BCUT2D eigenvalue weighted by Crippen LogP contribution is -1.90. The second-order valence-corrected chi connectivity index (χ2v) is 5.47. The van der Waals surface area contributed by atoms with E-state index in [4.69, 9.17) is 0 Å². The fourth-order valence-corrected chi connectivity index (χ4v) is 2.49. The molecule has 0 aliphatic rings. The summed E-state index contributed by atoms with van der Waals surface area (Å²) in [6.07, 6.45) is 0. The van der Waals surface area contributed by atoms with E-state index in [-0.39, 0.29) is 5.12 Å². The molecule has 94 valence electrons. The van der Waals surface area contributed by atoms with Crippen LogP contribution in [0.2, 0.25) is 0 Å². The zero-order valence-corrected chi connectivity index (χ0v) is 11.3. The van der Waals surface area contributed by atoms with Crippen molar-refractivity contribution in [1.82, 2.24) is 9.97 Å². The summed E-state index contributed by atoms with van der Waals surface area (Å²) in [5, 5.41) is 0.129. The Morgan fingerprint density at radius 1 is 1.00 bits per heavy atom. The molecule has 3 aromatic rings. The lowest BCUT2D eigenvalue weighted by molar-refractivity contribution is -0.109. The molecule has 19 heavy (non-hydrogen) atoms. The highest BCUT2D eigenvalue weighted by atomic mass is 32.2. The Balaban J connectivity index is 2.06. The molecule has 0 radical (unpaired) electrons. The Kier molecular flexibility index (Phi) is 3.17. The van der Waals surface area contributed by atoms with Crippen LogP contribution >= 0.6 is 11.8 Å². The smallest absolute Gasteiger partial charge is 0.186 e. The van der Waals surface area contributed by atoms with Crippen molar-refractivity contribution in [1.29, 1.82) is 0 Å². The monoisotopic (exact) mass is 268 g/mol. The summed E-state index contributed by atoms with van der Waals surface area (Å²) in [5.74, 6) is 0.680. The van der Waals surface area contributed by atoms with Crippen LogP contribution in [0.1, 0.15) is 12.5 Å². The first kappa shape index (κ1) is 12.1. The third kappa shape index (κ3) is 2.58. The van der Waals surface area contributed by atoms with Gasteiger partial charge in [0.15, 0.2) is 5.12 Å². The van der Waals surface area contributed by atoms with Crippen molar-refractivity contribution in [3.05, 3.63) is 48.0 Å². The number of nitrogens with zero attached hydrogens (tertiary/aromatic N) is 2. The molecule has 3 nitrogen and oxygen atoms in total. The van der Waals surface area contributed by atoms with Crippen molar-refractivity contribution in [3.8, 4) is 0 Å². The highest BCUT2D eigenvalue weighted by Gasteiger charge is 2.03. The van der Waals surface area contributed by atoms with Crippen LogP contribution in [0.4, 0.5) is 0 Å². The lowest BCUT2D eigenvalue weighted by Gasteiger charge is -2.03. The molecule has 0 saturated heterocycles. The Morgan fingerprint density at radius 2 is 1.63 bits per heavy atom. The molecule has 3 rings (SSSR count). The quantitative estimate of drug-likeness (QED) is 0.666. The van der Waals surface area contributed by atoms with Gasteiger partial charge in [-0.05, 0) is 29.8 Å². The van der Waals surface area contributed by atoms with E-state index in [2.05, 4.69) is 9.97 Å². The van der Waals surface area contributed by atoms with E-state index in [1.165, 1.54) is 11.8 Å². The van der Waals surface area contributed by atoms with Gasteiger partial charge >= 0.3 is 0 Å². The summed E-state index contributed by atoms with van der Waals surface area (Å²) in [6.45, 7) is 1.58. The van der Waals surface area contributed by atoms with Crippen molar-refractivity contribution in [2.24, 2.45) is 0 Å². The first-order valence-electron chi connectivity index (χ1n) is 6.01. The van der Waals surface area contributed by atoms with Gasteiger partial charge in [-0.1, -0.05) is 30.0 Å². The Morgan fingerprint density at radius 3 is 2.32 bits per heavy atom. The van der Waals surface area contributed by atoms with Crippen molar-refractivity contribution >= 4 is 38.9 Å². The number of carbonyl (C=O) groups is 1. The average molecular weight is 268 g/mol. The standard InChI is InChI=1S/C15H12N2OS/c1-10(18)19-9-11-6-7-14-15(8-11)17-13-5-3-2-4-12(13)16-14/h2-8H,9H2,1H3. The maximum Gasteiger partial charge on any atom is 0.186 e. The predicted octanol–water partition coefficient (Wildman–Crippen LogP) is 3.56. The zero-order chi connectivity index (χ0) is 13.2. The highest BCUT2D eigenvalue weighted by molar-refractivity contribution is 8.12. The van der Waals surface area contributed by atoms with Crippen molar-refractivity contribution in [3.63, 3.8) is 0 Å². The number of aromatic nitrogens is 2. The van der Waals surface area contributed by atoms with Gasteiger partial charge in [0, 0.05) is 12.7 Å². The molecule has 0 atom stereocenters. The molecule has 2 aromatic carbocycles. The molecule has 0 saturated carbocycles. The van der Waals surface area contributed by atoms with Gasteiger partial charge in [0.1, 0.15) is 0 Å². The molecule has 0 bridgehead atoms. The largest absolute Gasteiger partial charge is 0.288 e. The van der Waals surface area contributed by atoms with Crippen LogP contribution in [-0.2, 0) is 10.5 Å². The maximum absolute atomic E-state index is 11.0. The summed E-state index contributed by atoms with van der Waals surface area (Å²) in [6, 6.07) is 13.8. The average Bonchev–Trinajstić information content (AvgIpc) is 2.42. The lowest BCUT2D eigenvalue weighted by atomic mass is 10.2. The fraction of sp³-hybridized carbons (Fsp3) is 0.133. The molecule has 0 fully saturated rings. The van der Waals surface area contributed by atoms with E-state index < -0.39 is 0 Å². The van der Waals surface area contributed by atoms with Gasteiger partial charge in [-0.2, -0.15) is 0 Å². The molecule has 0 spiro atoms. The molecule has 0 aliphatic heterocycles. The van der Waals surface area contributed by atoms with Crippen molar-refractivity contribution in [2.45, 2.75) is 12.7 Å². The van der Waals surface area contributed by atoms with E-state index in [9.17, 15) is 4.79 Å². The number of rotatable bonds is 2. The first-order chi connectivity index (χ1) is 9.22. The maximum atomic E-state index is 11.0. The van der Waals surface area contributed by atoms with Crippen LogP contribution in [0, 0.1) is 0 Å². The summed E-state index contributed by atoms with van der Waals surface area (Å²) >= 11 is 1.31. The SMILES string of the molecule is CC(=O)SCc1ccc2nc3ccccc3nc2c1. The number of benzene rings is 2. The zero-order valence-electron chi connectivity index (χ0n) is 10.5. The molecule has 4 heteroatoms. The predicted molar refractivity (Wildman–Crippen MR) is 79.0 cm³/mol. The minimum absolute atomic E-state index is 0.129. The van der Waals surface area contributed by atoms with E-state index >= 15 is 0 Å². The molecule has 0 N–H and O–H groups in total. The van der Waals surface area contributed by atoms with E-state index in [1.807, 2.05) is 42.5 Å². The van der Waals surface area contributed by atoms with Gasteiger partial charge < -0.3 is 0 Å². The van der Waals surface area contributed by atoms with Gasteiger partial charge in [-0.3, -0.25) is 4.79 Å². The second-order valence-electron chi connectivity index (χ2n) is 4.32. The molecule has 0 amide bonds. The molecule has 1 aromatic heterocycles. The number of fused-ring (bicyclic) bond motifs is 2. The van der Waals surface area contributed by atoms with Crippen molar-refractivity contribution in [2.75, 3.05) is 0 Å². The Hall–Kier alpha value is -1.94. The molecular weight excluding hydrogens is 256 g/mol. The molecule has 1 heterocycles. The summed E-state index contributed by atoms with van der Waals surface area (Å²) < 4.78 is 0. The van der Waals surface area contributed by atoms with Crippen LogP contribution in [0.5, 0.6) is 0 Å². The summed E-state index contributed by atoms with van der Waals surface area (Å²) in [5.41, 5.74) is 4.65. The van der Waals surface area contributed by atoms with Crippen LogP contribution in [0.25, 0.3) is 22.1 Å². The van der Waals surface area contributed by atoms with Gasteiger partial charge in [0.25, 0.3) is 0 Å². The number of hydrogen-bond acceptors (Lipinski definition) is 4. The first-order valence-corrected chi connectivity index (χ1v) is 7.00. The van der Waals surface area contributed by atoms with Crippen LogP contribution in [0.15, 0.2) is 42.5 Å². The number of para-hydroxylation sites is 2. The number of thioether (sulfide) groups is 1. The molecule has 0 aliphatic carbocycles. The summed E-state index contributed by atoms with van der Waals surface area (Å²) in [7, 11) is 0. The van der Waals surface area contributed by atoms with Gasteiger partial charge in [0.2, 0.25) is 0 Å². The van der Waals surface area contributed by atoms with Gasteiger partial charge in [-0.15, -0.1) is 0 Å². The summed E-state index contributed by atoms with van der Waals surface area (Å²) in [4.78, 5) is 20.2. The topological polar surface area (TPSA) is 42.9 Å². The number of carbonyl (C=O) groups excluding carboxylic acids is 1. The van der Waals surface area contributed by atoms with E-state index in [1.54, 1.807) is 6.92 Å². The number of hydrogen-bond donors (Lipinski definition) is 0. The fourth-order valence-electron chi connectivity index (χ4n) is 1.94. The van der Waals surface area contributed by atoms with E-state index in [0.717, 1.165) is 27.6 Å². The minimum atomic E-state index is 0.129. The van der Waals surface area contributed by atoms with E-state index in [0.29, 0.717) is 5.75 Å². The highest BCUT2D eigenvalue weighted by Crippen LogP contribution is 2.20. The van der Waals surface area contributed by atoms with Crippen LogP contribution in [-0.4, -0.2) is 15.1 Å². The van der Waals surface area contributed by atoms with Gasteiger partial charge in [-0.25, -0.2) is 9.97 Å². The Bertz CT molecular complexity index is 770. The van der Waals surface area contributed by atoms with Crippen molar-refractivity contribution < 1.29 is 4.79 Å². The normalized spacial score (nSPS) is 11.0.